The SMILES string of the molecule is CCCc1ccc(N(c2ccc(-c3ccc(C)cc3)cc2)c2ccc(C)c(C)c2)cc1. The van der Waals surface area contributed by atoms with E-state index in [9.17, 15) is 0 Å². The van der Waals surface area contributed by atoms with Crippen molar-refractivity contribution in [1.82, 2.24) is 0 Å². The van der Waals surface area contributed by atoms with E-state index in [1.807, 2.05) is 0 Å². The van der Waals surface area contributed by atoms with Crippen molar-refractivity contribution in [2.24, 2.45) is 0 Å². The van der Waals surface area contributed by atoms with Crippen LogP contribution in [0.2, 0.25) is 0 Å². The Kier molecular flexibility index (Phi) is 6.23. The van der Waals surface area contributed by atoms with Crippen molar-refractivity contribution in [2.45, 2.75) is 40.5 Å². The number of hydrogen-bond donors (Lipinski definition) is 0. The summed E-state index contributed by atoms with van der Waals surface area (Å²) >= 11 is 0. The van der Waals surface area contributed by atoms with Gasteiger partial charge in [0.1, 0.15) is 0 Å². The monoisotopic (exact) mass is 405 g/mol. The second kappa shape index (κ2) is 9.22. The van der Waals surface area contributed by atoms with Crippen LogP contribution in [0.4, 0.5) is 17.1 Å². The molecule has 156 valence electrons. The lowest BCUT2D eigenvalue weighted by atomic mass is 10.0. The largest absolute Gasteiger partial charge is 0.310 e. The standard InChI is InChI=1S/C30H31N/c1-5-6-25-10-17-28(18-11-25)31(30-16-9-23(3)24(4)21-30)29-19-14-27(15-20-29)26-12-7-22(2)8-13-26/h7-21H,5-6H2,1-4H3. The summed E-state index contributed by atoms with van der Waals surface area (Å²) in [6.07, 6.45) is 2.29. The first-order valence-electron chi connectivity index (χ1n) is 11.2. The molecule has 0 aromatic heterocycles. The predicted molar refractivity (Wildman–Crippen MR) is 135 cm³/mol. The summed E-state index contributed by atoms with van der Waals surface area (Å²) < 4.78 is 0. The van der Waals surface area contributed by atoms with Gasteiger partial charge in [0.15, 0.2) is 0 Å². The van der Waals surface area contributed by atoms with Gasteiger partial charge < -0.3 is 4.90 Å². The molecule has 0 N–H and O–H groups in total. The topological polar surface area (TPSA) is 3.24 Å². The van der Waals surface area contributed by atoms with Gasteiger partial charge in [0.25, 0.3) is 0 Å². The number of benzene rings is 4. The molecule has 1 heteroatoms. The molecule has 1 nitrogen and oxygen atoms in total. The average Bonchev–Trinajstić information content (AvgIpc) is 2.79. The minimum atomic E-state index is 1.12. The van der Waals surface area contributed by atoms with Gasteiger partial charge in [0.2, 0.25) is 0 Å². The maximum absolute atomic E-state index is 2.35. The number of anilines is 3. The van der Waals surface area contributed by atoms with E-state index in [1.165, 1.54) is 56.9 Å². The molecule has 0 aliphatic rings. The molecule has 4 aromatic carbocycles. The smallest absolute Gasteiger partial charge is 0.0464 e. The third kappa shape index (κ3) is 4.72. The van der Waals surface area contributed by atoms with Crippen LogP contribution in [0.1, 0.15) is 35.6 Å². The second-order valence-corrected chi connectivity index (χ2v) is 8.43. The third-order valence-electron chi connectivity index (χ3n) is 5.99. The Morgan fingerprint density at radius 1 is 0.548 bits per heavy atom. The minimum absolute atomic E-state index is 1.12. The zero-order chi connectivity index (χ0) is 21.8. The maximum Gasteiger partial charge on any atom is 0.0464 e. The predicted octanol–water partition coefficient (Wildman–Crippen LogP) is 8.70. The summed E-state index contributed by atoms with van der Waals surface area (Å²) in [6, 6.07) is 33.3. The Bertz CT molecular complexity index is 1140. The Hall–Kier alpha value is -3.32. The molecular weight excluding hydrogens is 374 g/mol. The zero-order valence-corrected chi connectivity index (χ0v) is 19.0. The van der Waals surface area contributed by atoms with Gasteiger partial charge in [0.05, 0.1) is 0 Å². The molecule has 0 bridgehead atoms. The van der Waals surface area contributed by atoms with Crippen molar-refractivity contribution in [2.75, 3.05) is 4.90 Å². The summed E-state index contributed by atoms with van der Waals surface area (Å²) in [5, 5.41) is 0. The molecule has 0 unspecified atom stereocenters. The fraction of sp³-hybridized carbons (Fsp3) is 0.200. The summed E-state index contributed by atoms with van der Waals surface area (Å²) in [5.74, 6) is 0. The van der Waals surface area contributed by atoms with E-state index in [1.54, 1.807) is 0 Å². The molecule has 0 saturated heterocycles. The molecule has 31 heavy (non-hydrogen) atoms. The van der Waals surface area contributed by atoms with E-state index in [4.69, 9.17) is 0 Å². The van der Waals surface area contributed by atoms with Crippen molar-refractivity contribution in [3.05, 3.63) is 113 Å². The Labute approximate surface area is 187 Å². The van der Waals surface area contributed by atoms with Crippen LogP contribution in [0.5, 0.6) is 0 Å². The lowest BCUT2D eigenvalue weighted by Crippen LogP contribution is -2.10. The van der Waals surface area contributed by atoms with E-state index in [2.05, 4.69) is 124 Å². The highest BCUT2D eigenvalue weighted by atomic mass is 15.1. The first-order valence-corrected chi connectivity index (χ1v) is 11.2. The van der Waals surface area contributed by atoms with E-state index in [0.29, 0.717) is 0 Å². The minimum Gasteiger partial charge on any atom is -0.310 e. The summed E-state index contributed by atoms with van der Waals surface area (Å²) in [4.78, 5) is 2.35. The summed E-state index contributed by atoms with van der Waals surface area (Å²) in [6.45, 7) is 8.70. The lowest BCUT2D eigenvalue weighted by molar-refractivity contribution is 0.922. The van der Waals surface area contributed by atoms with Gasteiger partial charge in [-0.25, -0.2) is 0 Å². The lowest BCUT2D eigenvalue weighted by Gasteiger charge is -2.26. The first-order chi connectivity index (χ1) is 15.0. The van der Waals surface area contributed by atoms with Gasteiger partial charge in [-0.3, -0.25) is 0 Å². The van der Waals surface area contributed by atoms with Gasteiger partial charge in [-0.2, -0.15) is 0 Å². The third-order valence-corrected chi connectivity index (χ3v) is 5.99. The Morgan fingerprint density at radius 3 is 1.61 bits per heavy atom. The Balaban J connectivity index is 1.74. The van der Waals surface area contributed by atoms with Crippen molar-refractivity contribution in [3.8, 4) is 11.1 Å². The fourth-order valence-electron chi connectivity index (χ4n) is 3.96. The van der Waals surface area contributed by atoms with E-state index >= 15 is 0 Å². The van der Waals surface area contributed by atoms with Crippen LogP contribution in [0, 0.1) is 20.8 Å². The van der Waals surface area contributed by atoms with Crippen LogP contribution in [-0.4, -0.2) is 0 Å². The van der Waals surface area contributed by atoms with Crippen LogP contribution < -0.4 is 4.90 Å². The highest BCUT2D eigenvalue weighted by Crippen LogP contribution is 2.36. The quantitative estimate of drug-likeness (QED) is 0.310. The molecule has 0 fully saturated rings. The molecule has 4 aromatic rings. The highest BCUT2D eigenvalue weighted by molar-refractivity contribution is 5.78. The van der Waals surface area contributed by atoms with Crippen LogP contribution in [-0.2, 0) is 6.42 Å². The van der Waals surface area contributed by atoms with Gasteiger partial charge in [-0.05, 0) is 91.4 Å². The molecule has 0 aliphatic carbocycles. The zero-order valence-electron chi connectivity index (χ0n) is 19.0. The molecule has 0 amide bonds. The highest BCUT2D eigenvalue weighted by Gasteiger charge is 2.13. The van der Waals surface area contributed by atoms with Crippen molar-refractivity contribution >= 4 is 17.1 Å². The Morgan fingerprint density at radius 2 is 1.06 bits per heavy atom. The number of aryl methyl sites for hydroxylation is 4. The summed E-state index contributed by atoms with van der Waals surface area (Å²) in [7, 11) is 0. The normalized spacial score (nSPS) is 10.8. The van der Waals surface area contributed by atoms with E-state index < -0.39 is 0 Å². The van der Waals surface area contributed by atoms with Crippen LogP contribution in [0.25, 0.3) is 11.1 Å². The van der Waals surface area contributed by atoms with E-state index in [0.717, 1.165) is 6.42 Å². The van der Waals surface area contributed by atoms with E-state index in [-0.39, 0.29) is 0 Å². The number of rotatable bonds is 6. The number of hydrogen-bond acceptors (Lipinski definition) is 1. The summed E-state index contributed by atoms with van der Waals surface area (Å²) in [5.41, 5.74) is 11.3. The fourth-order valence-corrected chi connectivity index (χ4v) is 3.96. The molecular formula is C30H31N. The molecule has 0 aliphatic heterocycles. The van der Waals surface area contributed by atoms with Crippen molar-refractivity contribution in [3.63, 3.8) is 0 Å². The van der Waals surface area contributed by atoms with Gasteiger partial charge >= 0.3 is 0 Å². The first kappa shape index (κ1) is 20.9. The van der Waals surface area contributed by atoms with Gasteiger partial charge in [0, 0.05) is 17.1 Å². The molecule has 4 rings (SSSR count). The van der Waals surface area contributed by atoms with Crippen molar-refractivity contribution < 1.29 is 0 Å². The van der Waals surface area contributed by atoms with Gasteiger partial charge in [-0.15, -0.1) is 0 Å². The van der Waals surface area contributed by atoms with Crippen LogP contribution >= 0.6 is 0 Å². The molecule has 0 radical (unpaired) electrons. The van der Waals surface area contributed by atoms with Crippen LogP contribution in [0.3, 0.4) is 0 Å². The van der Waals surface area contributed by atoms with Crippen molar-refractivity contribution in [1.29, 1.82) is 0 Å². The second-order valence-electron chi connectivity index (χ2n) is 8.43. The molecule has 0 heterocycles. The molecule has 0 spiro atoms. The number of nitrogens with zero attached hydrogens (tertiary/aromatic N) is 1. The van der Waals surface area contributed by atoms with Crippen LogP contribution in [0.15, 0.2) is 91.0 Å². The maximum atomic E-state index is 2.35. The molecule has 0 atom stereocenters. The molecule has 0 saturated carbocycles. The van der Waals surface area contributed by atoms with Gasteiger partial charge in [-0.1, -0.05) is 73.5 Å². The average molecular weight is 406 g/mol.